The van der Waals surface area contributed by atoms with E-state index < -0.39 is 10.0 Å². The highest BCUT2D eigenvalue weighted by atomic mass is 35.5. The number of benzene rings is 2. The van der Waals surface area contributed by atoms with Gasteiger partial charge in [-0.15, -0.1) is 0 Å². The first-order valence-electron chi connectivity index (χ1n) is 9.06. The number of nitrogens with one attached hydrogen (secondary N) is 1. The molecule has 0 atom stereocenters. The van der Waals surface area contributed by atoms with Crippen molar-refractivity contribution in [3.05, 3.63) is 63.1 Å². The second-order valence-electron chi connectivity index (χ2n) is 6.99. The summed E-state index contributed by atoms with van der Waals surface area (Å²) < 4.78 is 27.7. The van der Waals surface area contributed by atoms with Crippen molar-refractivity contribution in [2.45, 2.75) is 43.7 Å². The van der Waals surface area contributed by atoms with Crippen molar-refractivity contribution < 1.29 is 13.2 Å². The number of hydrogen-bond acceptors (Lipinski definition) is 3. The number of amides is 1. The summed E-state index contributed by atoms with van der Waals surface area (Å²) >= 11 is 12.3. The van der Waals surface area contributed by atoms with Gasteiger partial charge in [-0.2, -0.15) is 0 Å². The molecule has 150 valence electrons. The van der Waals surface area contributed by atoms with Gasteiger partial charge in [-0.25, -0.2) is 13.1 Å². The van der Waals surface area contributed by atoms with Gasteiger partial charge in [0, 0.05) is 19.6 Å². The second-order valence-corrected chi connectivity index (χ2v) is 9.49. The first kappa shape index (κ1) is 21.1. The standard InChI is InChI=1S/C20H22Cl2N2O3S/c1-3-13-4-6-14(7-5-13)12-24(2)20(25)16-10-19(18(22)11-17(16)21)28(26,27)23-15-8-9-15/h4-7,10-11,15,23H,3,8-9,12H2,1-2H3. The predicted molar refractivity (Wildman–Crippen MR) is 111 cm³/mol. The maximum absolute atomic E-state index is 12.9. The Bertz CT molecular complexity index is 987. The molecule has 1 saturated carbocycles. The van der Waals surface area contributed by atoms with Gasteiger partial charge < -0.3 is 4.90 Å². The molecule has 1 fully saturated rings. The second kappa shape index (κ2) is 8.41. The zero-order valence-electron chi connectivity index (χ0n) is 15.7. The van der Waals surface area contributed by atoms with Crippen LogP contribution >= 0.6 is 23.2 Å². The minimum Gasteiger partial charge on any atom is -0.337 e. The fourth-order valence-electron chi connectivity index (χ4n) is 2.81. The monoisotopic (exact) mass is 440 g/mol. The van der Waals surface area contributed by atoms with Crippen molar-refractivity contribution in [3.63, 3.8) is 0 Å². The van der Waals surface area contributed by atoms with E-state index in [1.807, 2.05) is 24.3 Å². The molecular weight excluding hydrogens is 419 g/mol. The van der Waals surface area contributed by atoms with Gasteiger partial charge in [-0.3, -0.25) is 4.79 Å². The molecule has 0 aromatic heterocycles. The lowest BCUT2D eigenvalue weighted by atomic mass is 10.1. The molecular formula is C20H22Cl2N2O3S. The maximum atomic E-state index is 12.9. The van der Waals surface area contributed by atoms with Crippen LogP contribution in [-0.2, 0) is 23.0 Å². The van der Waals surface area contributed by atoms with Gasteiger partial charge in [0.2, 0.25) is 10.0 Å². The van der Waals surface area contributed by atoms with Gasteiger partial charge in [0.15, 0.2) is 0 Å². The first-order chi connectivity index (χ1) is 13.2. The summed E-state index contributed by atoms with van der Waals surface area (Å²) in [5.41, 5.74) is 2.30. The number of nitrogens with zero attached hydrogens (tertiary/aromatic N) is 1. The summed E-state index contributed by atoms with van der Waals surface area (Å²) in [5.74, 6) is -0.371. The molecule has 0 bridgehead atoms. The summed E-state index contributed by atoms with van der Waals surface area (Å²) in [7, 11) is -2.15. The van der Waals surface area contributed by atoms with E-state index in [0.29, 0.717) is 6.54 Å². The Morgan fingerprint density at radius 1 is 1.11 bits per heavy atom. The molecule has 5 nitrogen and oxygen atoms in total. The highest BCUT2D eigenvalue weighted by Gasteiger charge is 2.30. The fraction of sp³-hybridized carbons (Fsp3) is 0.350. The van der Waals surface area contributed by atoms with E-state index in [1.165, 1.54) is 22.6 Å². The molecule has 2 aromatic carbocycles. The summed E-state index contributed by atoms with van der Waals surface area (Å²) in [6, 6.07) is 10.5. The first-order valence-corrected chi connectivity index (χ1v) is 11.3. The molecule has 0 spiro atoms. The van der Waals surface area contributed by atoms with E-state index in [1.54, 1.807) is 7.05 Å². The van der Waals surface area contributed by atoms with E-state index in [2.05, 4.69) is 11.6 Å². The normalized spacial score (nSPS) is 14.1. The van der Waals surface area contributed by atoms with Crippen molar-refractivity contribution in [3.8, 4) is 0 Å². The molecule has 1 aliphatic carbocycles. The highest BCUT2D eigenvalue weighted by Crippen LogP contribution is 2.31. The number of rotatable bonds is 7. The smallest absolute Gasteiger partial charge is 0.255 e. The van der Waals surface area contributed by atoms with Crippen molar-refractivity contribution in [1.82, 2.24) is 9.62 Å². The number of carbonyl (C=O) groups excluding carboxylic acids is 1. The summed E-state index contributed by atoms with van der Waals surface area (Å²) in [6.45, 7) is 2.46. The Morgan fingerprint density at radius 3 is 2.29 bits per heavy atom. The number of carbonyl (C=O) groups is 1. The Morgan fingerprint density at radius 2 is 1.71 bits per heavy atom. The Kier molecular flexibility index (Phi) is 6.34. The van der Waals surface area contributed by atoms with Gasteiger partial charge in [0.1, 0.15) is 4.90 Å². The van der Waals surface area contributed by atoms with Crippen LogP contribution in [0.4, 0.5) is 0 Å². The van der Waals surface area contributed by atoms with Crippen LogP contribution in [0.3, 0.4) is 0 Å². The van der Waals surface area contributed by atoms with Crippen molar-refractivity contribution in [2.75, 3.05) is 7.05 Å². The quantitative estimate of drug-likeness (QED) is 0.698. The summed E-state index contributed by atoms with van der Waals surface area (Å²) in [4.78, 5) is 14.3. The third-order valence-electron chi connectivity index (χ3n) is 4.64. The van der Waals surface area contributed by atoms with Crippen LogP contribution in [0.1, 0.15) is 41.3 Å². The number of halogens is 2. The molecule has 0 heterocycles. The van der Waals surface area contributed by atoms with Crippen LogP contribution in [0, 0.1) is 0 Å². The average molecular weight is 441 g/mol. The highest BCUT2D eigenvalue weighted by molar-refractivity contribution is 7.89. The summed E-state index contributed by atoms with van der Waals surface area (Å²) in [6.07, 6.45) is 2.55. The SMILES string of the molecule is CCc1ccc(CN(C)C(=O)c2cc(S(=O)(=O)NC3CC3)c(Cl)cc2Cl)cc1. The van der Waals surface area contributed by atoms with Crippen LogP contribution < -0.4 is 4.72 Å². The lowest BCUT2D eigenvalue weighted by Crippen LogP contribution is -2.28. The minimum atomic E-state index is -3.80. The number of sulfonamides is 1. The van der Waals surface area contributed by atoms with Crippen molar-refractivity contribution in [2.24, 2.45) is 0 Å². The fourth-order valence-corrected chi connectivity index (χ4v) is 4.97. The third-order valence-corrected chi connectivity index (χ3v) is 6.94. The van der Waals surface area contributed by atoms with Crippen LogP contribution in [-0.4, -0.2) is 32.3 Å². The molecule has 3 rings (SSSR count). The number of hydrogen-bond donors (Lipinski definition) is 1. The van der Waals surface area contributed by atoms with Crippen molar-refractivity contribution >= 4 is 39.1 Å². The zero-order chi connectivity index (χ0) is 20.5. The van der Waals surface area contributed by atoms with E-state index in [9.17, 15) is 13.2 Å². The Balaban J connectivity index is 1.84. The van der Waals surface area contributed by atoms with Gasteiger partial charge >= 0.3 is 0 Å². The van der Waals surface area contributed by atoms with Crippen molar-refractivity contribution in [1.29, 1.82) is 0 Å². The molecule has 0 aliphatic heterocycles. The molecule has 2 aromatic rings. The maximum Gasteiger partial charge on any atom is 0.255 e. The molecule has 1 aliphatic rings. The minimum absolute atomic E-state index is 0.00694. The average Bonchev–Trinajstić information content (AvgIpc) is 3.45. The molecule has 0 saturated heterocycles. The largest absolute Gasteiger partial charge is 0.337 e. The van der Waals surface area contributed by atoms with Gasteiger partial charge in [-0.1, -0.05) is 54.4 Å². The van der Waals surface area contributed by atoms with E-state index >= 15 is 0 Å². The van der Waals surface area contributed by atoms with E-state index in [0.717, 1.165) is 24.8 Å². The van der Waals surface area contributed by atoms with Crippen LogP contribution in [0.2, 0.25) is 10.0 Å². The van der Waals surface area contributed by atoms with Crippen LogP contribution in [0.15, 0.2) is 41.3 Å². The molecule has 8 heteroatoms. The molecule has 0 radical (unpaired) electrons. The van der Waals surface area contributed by atoms with E-state index in [-0.39, 0.29) is 32.5 Å². The molecule has 1 N–H and O–H groups in total. The summed E-state index contributed by atoms with van der Waals surface area (Å²) in [5, 5.41) is 0.112. The van der Waals surface area contributed by atoms with E-state index in [4.69, 9.17) is 23.2 Å². The number of aryl methyl sites for hydroxylation is 1. The van der Waals surface area contributed by atoms with Crippen LogP contribution in [0.5, 0.6) is 0 Å². The van der Waals surface area contributed by atoms with Gasteiger partial charge in [-0.05, 0) is 42.5 Å². The predicted octanol–water partition coefficient (Wildman–Crippen LogP) is 4.27. The zero-order valence-corrected chi connectivity index (χ0v) is 18.0. The van der Waals surface area contributed by atoms with Gasteiger partial charge in [0.05, 0.1) is 15.6 Å². The Labute approximate surface area is 175 Å². The van der Waals surface area contributed by atoms with Crippen LogP contribution in [0.25, 0.3) is 0 Å². The molecule has 28 heavy (non-hydrogen) atoms. The third kappa shape index (κ3) is 4.87. The topological polar surface area (TPSA) is 66.5 Å². The lowest BCUT2D eigenvalue weighted by molar-refractivity contribution is 0.0785. The lowest BCUT2D eigenvalue weighted by Gasteiger charge is -2.19. The molecule has 0 unspecified atom stereocenters. The molecule has 1 amide bonds. The Hall–Kier alpha value is -1.60. The van der Waals surface area contributed by atoms with Gasteiger partial charge in [0.25, 0.3) is 5.91 Å².